The molecule has 3 amide bonds. The van der Waals surface area contributed by atoms with Gasteiger partial charge >= 0.3 is 0 Å². The molecular formula is C112H151N15O15. The zero-order chi connectivity index (χ0) is 92.9. The summed E-state index contributed by atoms with van der Waals surface area (Å²) in [5, 5.41) is 26.5. The molecule has 0 radical (unpaired) electrons. The predicted molar refractivity (Wildman–Crippen MR) is 546 cm³/mol. The zero-order valence-corrected chi connectivity index (χ0v) is 79.7. The van der Waals surface area contributed by atoms with Gasteiger partial charge < -0.3 is 47.4 Å². The quantitative estimate of drug-likeness (QED) is 0.0849. The molecule has 5 atom stereocenters. The normalized spacial score (nSPS) is 26.1. The summed E-state index contributed by atoms with van der Waals surface area (Å²) in [5.74, 6) is 3.29. The number of aryl methyl sites for hydroxylation is 1. The number of amides is 3. The summed E-state index contributed by atoms with van der Waals surface area (Å²) in [4.78, 5) is 71.2. The number of aromatic amines is 2. The molecule has 7 aliphatic carbocycles. The third kappa shape index (κ3) is 20.6. The Morgan fingerprint density at radius 2 is 0.627 bits per heavy atom. The number of piperidine rings is 5. The molecule has 20 aliphatic rings. The molecule has 5 unspecified atom stereocenters. The summed E-state index contributed by atoms with van der Waals surface area (Å²) < 4.78 is 63.1. The molecule has 2 aromatic heterocycles. The van der Waals surface area contributed by atoms with Gasteiger partial charge in [0.05, 0.1) is 61.6 Å². The van der Waals surface area contributed by atoms with E-state index in [9.17, 15) is 24.0 Å². The van der Waals surface area contributed by atoms with Crippen LogP contribution in [0.1, 0.15) is 291 Å². The highest BCUT2D eigenvalue weighted by Crippen LogP contribution is 2.50. The smallest absolute Gasteiger partial charge is 0.267 e. The molecule has 15 heterocycles. The Morgan fingerprint density at radius 3 is 0.951 bits per heavy atom. The van der Waals surface area contributed by atoms with Gasteiger partial charge in [-0.1, -0.05) is 76.2 Å². The number of carbonyl (C=O) groups is 3. The van der Waals surface area contributed by atoms with Crippen molar-refractivity contribution in [3.8, 4) is 51.3 Å². The van der Waals surface area contributed by atoms with Gasteiger partial charge in [0.1, 0.15) is 28.7 Å². The monoisotopic (exact) mass is 1950 g/mol. The average Bonchev–Trinajstić information content (AvgIpc) is 1.50. The second-order valence-electron chi connectivity index (χ2n) is 42.5. The molecule has 30 nitrogen and oxygen atoms in total. The lowest BCUT2D eigenvalue weighted by Crippen LogP contribution is -2.54. The predicted octanol–water partition coefficient (Wildman–Crippen LogP) is 17.5. The second-order valence-corrected chi connectivity index (χ2v) is 42.5. The van der Waals surface area contributed by atoms with Crippen LogP contribution < -0.4 is 51.1 Å². The molecule has 5 aromatic carbocycles. The molecule has 13 aliphatic heterocycles. The highest BCUT2D eigenvalue weighted by Gasteiger charge is 2.53. The summed E-state index contributed by atoms with van der Waals surface area (Å²) in [7, 11) is 0. The van der Waals surface area contributed by atoms with Crippen molar-refractivity contribution in [2.75, 3.05) is 65.4 Å². The molecule has 0 bridgehead atoms. The summed E-state index contributed by atoms with van der Waals surface area (Å²) >= 11 is 0. The van der Waals surface area contributed by atoms with E-state index in [0.29, 0.717) is 45.0 Å². The number of likely N-dealkylation sites (tertiary alicyclic amines) is 5. The zero-order valence-electron chi connectivity index (χ0n) is 79.7. The van der Waals surface area contributed by atoms with E-state index < -0.39 is 28.9 Å². The third-order valence-corrected chi connectivity index (χ3v) is 34.2. The van der Waals surface area contributed by atoms with Gasteiger partial charge in [-0.05, 0) is 223 Å². The van der Waals surface area contributed by atoms with Gasteiger partial charge in [0.2, 0.25) is 46.7 Å². The van der Waals surface area contributed by atoms with E-state index in [1.54, 1.807) is 6.07 Å². The average molecular weight is 1950 g/mol. The number of ether oxygens (including phenoxy) is 10. The van der Waals surface area contributed by atoms with E-state index in [0.717, 1.165) is 303 Å². The summed E-state index contributed by atoms with van der Waals surface area (Å²) in [6.07, 6.45) is 33.1. The Bertz CT molecular complexity index is 5870. The van der Waals surface area contributed by atoms with Crippen LogP contribution in [0.3, 0.4) is 0 Å². The molecule has 764 valence electrons. The van der Waals surface area contributed by atoms with E-state index in [4.69, 9.17) is 47.4 Å². The fraction of sp³-hybridized carbons (Fsp3) is 0.607. The van der Waals surface area contributed by atoms with Crippen LogP contribution in [-0.4, -0.2) is 204 Å². The molecular weight excluding hydrogens is 1800 g/mol. The SMILES string of the molecule is C.C.C.C.C.CC1CC(=O)NN=C1c1ccc2c(c1)COC1(CCN(C3CCC3)CC1)O2.Cc1c(-c2ccc3c(c2)COC2(CCN(C4CCC4)CC2)O3)n[nH]c(=O)c1C.Cc1cc(=O)[nH]nc1-c1ccc2c(c1)COC1(CCN(C3CCC3)CC1)O2.O=C1NN=C(c2ccc3c(c2)COC2(CCN(C4CCC4)CC2)O3)C2CC12.O=C1NN=C(c2ccc3c(c2)COC2(CCN(C4CCC4)CC2)O3)C2CCC12. The topological polar surface area (TPSA) is 324 Å². The van der Waals surface area contributed by atoms with E-state index in [1.165, 1.54) is 96.3 Å². The van der Waals surface area contributed by atoms with Crippen LogP contribution in [0, 0.1) is 50.4 Å². The molecule has 5 saturated heterocycles. The first-order valence-corrected chi connectivity index (χ1v) is 51.5. The number of hydrazone groups is 3. The van der Waals surface area contributed by atoms with Crippen LogP contribution in [0.15, 0.2) is 122 Å². The lowest BCUT2D eigenvalue weighted by molar-refractivity contribution is -0.231. The maximum atomic E-state index is 11.9. The van der Waals surface area contributed by atoms with Crippen LogP contribution in [0.5, 0.6) is 28.7 Å². The molecule has 5 N–H and O–H groups in total. The maximum absolute atomic E-state index is 11.9. The third-order valence-electron chi connectivity index (χ3n) is 34.2. The van der Waals surface area contributed by atoms with E-state index in [2.05, 4.69) is 131 Å². The molecule has 7 saturated carbocycles. The number of hydrogen-bond donors (Lipinski definition) is 5. The number of nitrogens with zero attached hydrogens (tertiary/aromatic N) is 10. The van der Waals surface area contributed by atoms with E-state index >= 15 is 0 Å². The van der Waals surface area contributed by atoms with Crippen LogP contribution in [0.4, 0.5) is 0 Å². The molecule has 30 heteroatoms. The number of hydrogen-bond acceptors (Lipinski definition) is 25. The Kier molecular flexibility index (Phi) is 30.2. The van der Waals surface area contributed by atoms with Crippen molar-refractivity contribution < 1.29 is 61.8 Å². The molecule has 12 fully saturated rings. The summed E-state index contributed by atoms with van der Waals surface area (Å²) in [6, 6.07) is 36.5. The van der Waals surface area contributed by atoms with Crippen molar-refractivity contribution in [2.45, 2.75) is 343 Å². The minimum atomic E-state index is -0.475. The first-order chi connectivity index (χ1) is 66.7. The maximum Gasteiger partial charge on any atom is 0.267 e. The molecule has 7 aromatic rings. The Balaban J connectivity index is 0.000000116. The van der Waals surface area contributed by atoms with E-state index in [1.807, 2.05) is 64.1 Å². The molecule has 27 rings (SSSR count). The number of H-pyrrole nitrogens is 2. The number of benzene rings is 5. The first-order valence-electron chi connectivity index (χ1n) is 51.5. The Hall–Kier alpha value is -10.1. The summed E-state index contributed by atoms with van der Waals surface area (Å²) in [6.45, 7) is 21.1. The highest BCUT2D eigenvalue weighted by molar-refractivity contribution is 6.10. The van der Waals surface area contributed by atoms with Gasteiger partial charge in [-0.15, -0.1) is 0 Å². The standard InChI is InChI=1S/2C22H27N3O3.C21H25N3O3.C21H27N3O3.C21H25N3O3.5CH4/c26-21-18-6-5-17(18)20(23-24-21)14-4-7-19-15(12-14)13-27-22(28-19)8-10-25(11-9-22)16-2-1-3-16;1-14-15(2)21(26)24-23-20(14)16-6-7-19-17(12-16)13-27-22(28-19)8-10-25(11-9-22)18-4-3-5-18;25-20-17-11-16(17)19(22-23-20)13-4-5-18-14(10-13)12-26-21(27-18)6-8-24(9-7-21)15-2-1-3-15;2*1-14-11-19(25)22-23-20(14)15-5-6-18-16(12-15)13-26-21(27-18)7-9-24(10-8-21)17-3-2-4-17;;;;;/h4,7,12,16-18H,1-3,5-6,8-11,13H2,(H,24,26);6-7,12,18H,3-5,8-11,13H2,1-2H3,(H,24,26);4-5,10,15-17H,1-3,6-9,11-12H2,(H,23,25);5-6,12,14,17H,2-4,7-11,13H2,1H3,(H,22,25);5-6,11-12,17H,2-4,7-10,13H2,1H3,(H,22,25);5*1H4. The Labute approximate surface area is 837 Å². The fourth-order valence-electron chi connectivity index (χ4n) is 23.8. The van der Waals surface area contributed by atoms with Gasteiger partial charge in [0.15, 0.2) is 0 Å². The van der Waals surface area contributed by atoms with Gasteiger partial charge in [-0.2, -0.15) is 25.5 Å². The highest BCUT2D eigenvalue weighted by atomic mass is 16.7. The van der Waals surface area contributed by atoms with Gasteiger partial charge in [0, 0.05) is 246 Å². The van der Waals surface area contributed by atoms with Crippen LogP contribution in [-0.2, 0) is 71.1 Å². The van der Waals surface area contributed by atoms with Crippen molar-refractivity contribution in [1.29, 1.82) is 0 Å². The minimum absolute atomic E-state index is 0. The van der Waals surface area contributed by atoms with Crippen molar-refractivity contribution in [3.63, 3.8) is 0 Å². The number of aromatic nitrogens is 4. The van der Waals surface area contributed by atoms with Crippen molar-refractivity contribution >= 4 is 34.9 Å². The van der Waals surface area contributed by atoms with Gasteiger partial charge in [-0.25, -0.2) is 26.5 Å². The van der Waals surface area contributed by atoms with Gasteiger partial charge in [0.25, 0.3) is 11.1 Å². The van der Waals surface area contributed by atoms with Crippen molar-refractivity contribution in [2.24, 2.45) is 44.9 Å². The first kappa shape index (κ1) is 102. The fourth-order valence-corrected chi connectivity index (χ4v) is 23.8. The minimum Gasteiger partial charge on any atom is -0.462 e. The van der Waals surface area contributed by atoms with Crippen molar-refractivity contribution in [1.82, 2.24) is 61.2 Å². The Morgan fingerprint density at radius 1 is 0.324 bits per heavy atom. The lowest BCUT2D eigenvalue weighted by Gasteiger charge is -2.47. The molecule has 142 heavy (non-hydrogen) atoms. The van der Waals surface area contributed by atoms with E-state index in [-0.39, 0.29) is 95.6 Å². The van der Waals surface area contributed by atoms with Gasteiger partial charge in [-0.3, -0.25) is 48.5 Å². The van der Waals surface area contributed by atoms with Crippen LogP contribution in [0.2, 0.25) is 0 Å². The number of carbonyl (C=O) groups excluding carboxylic acids is 3. The van der Waals surface area contributed by atoms with Crippen LogP contribution in [0.25, 0.3) is 22.5 Å². The summed E-state index contributed by atoms with van der Waals surface area (Å²) in [5.41, 5.74) is 25.0. The second kappa shape index (κ2) is 42.1. The number of fused-ring (bicyclic) bond motifs is 7. The molecule has 5 spiro atoms. The lowest BCUT2D eigenvalue weighted by atomic mass is 9.68. The van der Waals surface area contributed by atoms with Crippen LogP contribution >= 0.6 is 0 Å². The largest absolute Gasteiger partial charge is 0.462 e. The number of nitrogens with one attached hydrogen (secondary N) is 5. The van der Waals surface area contributed by atoms with Crippen molar-refractivity contribution in [3.05, 3.63) is 179 Å². The number of rotatable bonds is 10.